The third kappa shape index (κ3) is 7.22. The summed E-state index contributed by atoms with van der Waals surface area (Å²) in [5.74, 6) is -4.54. The molecule has 13 nitrogen and oxygen atoms in total. The first-order valence-electron chi connectivity index (χ1n) is 9.84. The molecule has 0 spiro atoms. The SMILES string of the molecule is CC(OC(=O)c1c(C(=O)OCCOC(=O)c2cc(I)cc(I)c2O)cccc1[N+](=O)[O-])C(F)(F)S(=O)(=O)O. The molecule has 206 valence electrons. The van der Waals surface area contributed by atoms with Gasteiger partial charge in [0.25, 0.3) is 5.69 Å². The number of rotatable bonds is 10. The minimum Gasteiger partial charge on any atom is -0.506 e. The number of halogens is 4. The molecule has 0 bridgehead atoms. The van der Waals surface area contributed by atoms with Crippen LogP contribution in [0.2, 0.25) is 0 Å². The van der Waals surface area contributed by atoms with Gasteiger partial charge in [0.1, 0.15) is 24.5 Å². The second-order valence-electron chi connectivity index (χ2n) is 7.10. The third-order valence-corrected chi connectivity index (χ3v) is 7.03. The Balaban J connectivity index is 2.19. The van der Waals surface area contributed by atoms with E-state index in [2.05, 4.69) is 4.74 Å². The first-order valence-corrected chi connectivity index (χ1v) is 13.4. The van der Waals surface area contributed by atoms with E-state index < -0.39 is 74.3 Å². The number of nitro groups is 1. The quantitative estimate of drug-likeness (QED) is 0.0678. The third-order valence-electron chi connectivity index (χ3n) is 4.56. The van der Waals surface area contributed by atoms with E-state index in [-0.39, 0.29) is 11.3 Å². The van der Waals surface area contributed by atoms with Crippen molar-refractivity contribution < 1.29 is 60.4 Å². The summed E-state index contributed by atoms with van der Waals surface area (Å²) in [5, 5.41) is 16.4. The number of esters is 3. The van der Waals surface area contributed by atoms with Crippen LogP contribution in [-0.4, -0.2) is 65.5 Å². The number of carbonyl (C=O) groups is 3. The molecule has 1 atom stereocenters. The molecule has 0 fully saturated rings. The molecule has 18 heteroatoms. The Morgan fingerprint density at radius 1 is 1.08 bits per heavy atom. The number of aromatic hydroxyl groups is 1. The molecule has 0 saturated heterocycles. The number of phenolic OH excluding ortho intramolecular Hbond substituents is 1. The molecule has 0 aliphatic heterocycles. The van der Waals surface area contributed by atoms with Crippen molar-refractivity contribution in [3.63, 3.8) is 0 Å². The molecule has 1 unspecified atom stereocenters. The first kappa shape index (κ1) is 31.5. The highest BCUT2D eigenvalue weighted by Crippen LogP contribution is 2.31. The molecule has 0 aliphatic carbocycles. The van der Waals surface area contributed by atoms with Crippen molar-refractivity contribution in [3.8, 4) is 5.75 Å². The molecule has 0 radical (unpaired) electrons. The van der Waals surface area contributed by atoms with Gasteiger partial charge in [-0.1, -0.05) is 6.07 Å². The number of nitrogens with zero attached hydrogens (tertiary/aromatic N) is 1. The molecule has 2 aromatic rings. The van der Waals surface area contributed by atoms with Crippen LogP contribution in [0.1, 0.15) is 38.0 Å². The molecule has 0 saturated carbocycles. The smallest absolute Gasteiger partial charge is 0.405 e. The molecular formula is C20H15F2I2NO12S. The van der Waals surface area contributed by atoms with Crippen LogP contribution in [0.4, 0.5) is 14.5 Å². The molecule has 2 aromatic carbocycles. The number of hydrogen-bond acceptors (Lipinski definition) is 11. The van der Waals surface area contributed by atoms with Crippen molar-refractivity contribution >= 4 is 78.9 Å². The van der Waals surface area contributed by atoms with E-state index in [4.69, 9.17) is 14.0 Å². The second-order valence-corrected chi connectivity index (χ2v) is 11.0. The Kier molecular flexibility index (Phi) is 10.3. The topological polar surface area (TPSA) is 197 Å². The lowest BCUT2D eigenvalue weighted by atomic mass is 10.1. The van der Waals surface area contributed by atoms with E-state index in [1.165, 1.54) is 6.07 Å². The maximum absolute atomic E-state index is 13.8. The zero-order chi connectivity index (χ0) is 29.0. The number of hydrogen-bond donors (Lipinski definition) is 2. The van der Waals surface area contributed by atoms with E-state index in [1.807, 2.05) is 22.6 Å². The minimum absolute atomic E-state index is 0.160. The zero-order valence-electron chi connectivity index (χ0n) is 18.7. The summed E-state index contributed by atoms with van der Waals surface area (Å²) >= 11 is 3.71. The van der Waals surface area contributed by atoms with Crippen LogP contribution in [0.25, 0.3) is 0 Å². The van der Waals surface area contributed by atoms with E-state index in [1.54, 1.807) is 28.7 Å². The highest BCUT2D eigenvalue weighted by atomic mass is 127. The van der Waals surface area contributed by atoms with Gasteiger partial charge in [-0.25, -0.2) is 14.4 Å². The number of alkyl halides is 2. The number of benzene rings is 2. The predicted octanol–water partition coefficient (Wildman–Crippen LogP) is 3.55. The van der Waals surface area contributed by atoms with Gasteiger partial charge in [0.05, 0.1) is 14.1 Å². The number of carbonyl (C=O) groups excluding carboxylic acids is 3. The highest BCUT2D eigenvalue weighted by Gasteiger charge is 2.52. The fraction of sp³-hybridized carbons (Fsp3) is 0.250. The summed E-state index contributed by atoms with van der Waals surface area (Å²) in [6, 6.07) is 5.54. The number of nitro benzene ring substituents is 1. The van der Waals surface area contributed by atoms with Crippen LogP contribution >= 0.6 is 45.2 Å². The average molecular weight is 785 g/mol. The fourth-order valence-corrected chi connectivity index (χ4v) is 5.03. The van der Waals surface area contributed by atoms with Crippen LogP contribution in [-0.2, 0) is 24.3 Å². The minimum atomic E-state index is -6.03. The molecule has 0 heterocycles. The maximum Gasteiger partial charge on any atom is 0.405 e. The van der Waals surface area contributed by atoms with Crippen molar-refractivity contribution in [2.75, 3.05) is 13.2 Å². The Hall–Kier alpha value is -2.72. The fourth-order valence-electron chi connectivity index (χ4n) is 2.72. The van der Waals surface area contributed by atoms with E-state index in [9.17, 15) is 46.8 Å². The second kappa shape index (κ2) is 12.4. The molecule has 2 N–H and O–H groups in total. The summed E-state index contributed by atoms with van der Waals surface area (Å²) in [6.45, 7) is -0.765. The van der Waals surface area contributed by atoms with E-state index in [0.29, 0.717) is 14.1 Å². The van der Waals surface area contributed by atoms with Gasteiger partial charge in [-0.3, -0.25) is 14.7 Å². The van der Waals surface area contributed by atoms with Crippen LogP contribution in [0, 0.1) is 17.3 Å². The Bertz CT molecular complexity index is 1400. The normalized spacial score (nSPS) is 12.4. The summed E-state index contributed by atoms with van der Waals surface area (Å²) in [5.41, 5.74) is -3.15. The van der Waals surface area contributed by atoms with Crippen molar-refractivity contribution in [2.24, 2.45) is 0 Å². The van der Waals surface area contributed by atoms with Gasteiger partial charge < -0.3 is 19.3 Å². The monoisotopic (exact) mass is 785 g/mol. The van der Waals surface area contributed by atoms with Crippen molar-refractivity contribution in [2.45, 2.75) is 18.3 Å². The van der Waals surface area contributed by atoms with Crippen LogP contribution in [0.15, 0.2) is 30.3 Å². The molecule has 0 aromatic heterocycles. The lowest BCUT2D eigenvalue weighted by Gasteiger charge is -2.21. The van der Waals surface area contributed by atoms with E-state index >= 15 is 0 Å². The van der Waals surface area contributed by atoms with Crippen molar-refractivity contribution in [1.29, 1.82) is 0 Å². The molecular weight excluding hydrogens is 770 g/mol. The summed E-state index contributed by atoms with van der Waals surface area (Å²) in [7, 11) is -6.03. The Morgan fingerprint density at radius 3 is 2.16 bits per heavy atom. The zero-order valence-corrected chi connectivity index (χ0v) is 23.9. The van der Waals surface area contributed by atoms with Crippen LogP contribution < -0.4 is 0 Å². The molecule has 38 heavy (non-hydrogen) atoms. The van der Waals surface area contributed by atoms with Crippen molar-refractivity contribution in [1.82, 2.24) is 0 Å². The van der Waals surface area contributed by atoms with Gasteiger partial charge in [-0.15, -0.1) is 0 Å². The van der Waals surface area contributed by atoms with Gasteiger partial charge in [0.15, 0.2) is 11.7 Å². The largest absolute Gasteiger partial charge is 0.506 e. The molecule has 0 aliphatic rings. The van der Waals surface area contributed by atoms with Gasteiger partial charge >= 0.3 is 33.3 Å². The lowest BCUT2D eigenvalue weighted by Crippen LogP contribution is -2.42. The van der Waals surface area contributed by atoms with Gasteiger partial charge in [-0.2, -0.15) is 17.2 Å². The standard InChI is InChI=1S/C20H15F2I2NO12S/c1-9(20(21,22)38(32,33)34)37-19(29)15-11(3-2-4-14(15)25(30)31)17(27)35-5-6-36-18(28)12-7-10(23)8-13(24)16(12)26/h2-4,7-9,26H,5-6H2,1H3,(H,32,33,34). The summed E-state index contributed by atoms with van der Waals surface area (Å²) in [4.78, 5) is 47.5. The average Bonchev–Trinajstić information content (AvgIpc) is 2.82. The molecule has 2 rings (SSSR count). The highest BCUT2D eigenvalue weighted by molar-refractivity contribution is 14.1. The predicted molar refractivity (Wildman–Crippen MR) is 139 cm³/mol. The van der Waals surface area contributed by atoms with Gasteiger partial charge in [-0.05, 0) is 70.3 Å². The van der Waals surface area contributed by atoms with Crippen LogP contribution in [0.3, 0.4) is 0 Å². The Labute approximate surface area is 239 Å². The number of ether oxygens (including phenoxy) is 3. The van der Waals surface area contributed by atoms with E-state index in [0.717, 1.165) is 18.2 Å². The number of phenols is 1. The Morgan fingerprint density at radius 2 is 1.63 bits per heavy atom. The van der Waals surface area contributed by atoms with Crippen LogP contribution in [0.5, 0.6) is 5.75 Å². The summed E-state index contributed by atoms with van der Waals surface area (Å²) < 4.78 is 73.1. The lowest BCUT2D eigenvalue weighted by molar-refractivity contribution is -0.385. The van der Waals surface area contributed by atoms with Crippen molar-refractivity contribution in [3.05, 3.63) is 64.3 Å². The summed E-state index contributed by atoms with van der Waals surface area (Å²) in [6.07, 6.45) is -2.81. The first-order chi connectivity index (χ1) is 17.5. The maximum atomic E-state index is 13.8. The molecule has 0 amide bonds. The van der Waals surface area contributed by atoms with Gasteiger partial charge in [0.2, 0.25) is 0 Å². The van der Waals surface area contributed by atoms with Gasteiger partial charge in [0, 0.05) is 9.64 Å².